The quantitative estimate of drug-likeness (QED) is 0.334. The van der Waals surface area contributed by atoms with Crippen LogP contribution >= 0.6 is 0 Å². The monoisotopic (exact) mass is 536 g/mol. The normalized spacial score (nSPS) is 38.0. The summed E-state index contributed by atoms with van der Waals surface area (Å²) in [4.78, 5) is 0. The standard InChI is InChI=1S/C26H53FO6Si2/c1-17-22(32-34(11,12)24(3,4)5)19(28-10)15-21(30-17)31-23-18(2)29-20(27)16-26(23,9)33-35(13,14)25(6,7)8/h17-23H,15-16H2,1-14H3/t17-,18+,19-,20-,21+,22-,23-,26+/m1/s1. The third-order valence-electron chi connectivity index (χ3n) is 8.71. The summed E-state index contributed by atoms with van der Waals surface area (Å²) in [5.74, 6) is 0. The van der Waals surface area contributed by atoms with Crippen molar-refractivity contribution in [2.24, 2.45) is 0 Å². The van der Waals surface area contributed by atoms with Crippen LogP contribution < -0.4 is 0 Å². The molecule has 208 valence electrons. The maximum absolute atomic E-state index is 14.6. The lowest BCUT2D eigenvalue weighted by Crippen LogP contribution is -2.63. The first-order chi connectivity index (χ1) is 15.6. The summed E-state index contributed by atoms with van der Waals surface area (Å²) >= 11 is 0. The molecule has 0 amide bonds. The molecular weight excluding hydrogens is 483 g/mol. The van der Waals surface area contributed by atoms with Gasteiger partial charge in [-0.15, -0.1) is 0 Å². The number of hydrogen-bond donors (Lipinski definition) is 0. The van der Waals surface area contributed by atoms with Crippen LogP contribution in [0.25, 0.3) is 0 Å². The molecule has 0 bridgehead atoms. The number of hydrogen-bond acceptors (Lipinski definition) is 6. The molecule has 0 aromatic heterocycles. The molecule has 2 aliphatic heterocycles. The van der Waals surface area contributed by atoms with E-state index in [0.717, 1.165) is 0 Å². The first-order valence-electron chi connectivity index (χ1n) is 13.1. The molecule has 0 saturated carbocycles. The zero-order valence-corrected chi connectivity index (χ0v) is 26.8. The molecule has 0 aromatic rings. The predicted octanol–water partition coefficient (Wildman–Crippen LogP) is 6.80. The molecule has 2 fully saturated rings. The average molecular weight is 537 g/mol. The number of ether oxygens (including phenoxy) is 4. The molecule has 2 saturated heterocycles. The molecule has 0 aromatic carbocycles. The highest BCUT2D eigenvalue weighted by atomic mass is 28.4. The largest absolute Gasteiger partial charge is 0.409 e. The lowest BCUT2D eigenvalue weighted by atomic mass is 9.89. The Labute approximate surface area is 216 Å². The Kier molecular flexibility index (Phi) is 9.59. The summed E-state index contributed by atoms with van der Waals surface area (Å²) in [6.45, 7) is 27.9. The fourth-order valence-electron chi connectivity index (χ4n) is 4.54. The van der Waals surface area contributed by atoms with Crippen molar-refractivity contribution in [3.8, 4) is 0 Å². The van der Waals surface area contributed by atoms with E-state index >= 15 is 0 Å². The molecule has 2 rings (SSSR count). The van der Waals surface area contributed by atoms with Gasteiger partial charge >= 0.3 is 0 Å². The molecule has 9 heteroatoms. The number of alkyl halides is 1. The lowest BCUT2D eigenvalue weighted by molar-refractivity contribution is -0.314. The minimum Gasteiger partial charge on any atom is -0.409 e. The summed E-state index contributed by atoms with van der Waals surface area (Å²) in [6.07, 6.45) is -2.77. The van der Waals surface area contributed by atoms with Gasteiger partial charge < -0.3 is 27.8 Å². The van der Waals surface area contributed by atoms with Crippen LogP contribution in [0.4, 0.5) is 4.39 Å². The maximum atomic E-state index is 14.6. The van der Waals surface area contributed by atoms with Crippen molar-refractivity contribution in [1.29, 1.82) is 0 Å². The van der Waals surface area contributed by atoms with E-state index in [0.29, 0.717) is 6.42 Å². The second-order valence-electron chi connectivity index (χ2n) is 13.8. The topological polar surface area (TPSA) is 55.4 Å². The van der Waals surface area contributed by atoms with Crippen molar-refractivity contribution in [3.63, 3.8) is 0 Å². The van der Waals surface area contributed by atoms with Crippen molar-refractivity contribution in [2.75, 3.05) is 7.11 Å². The molecule has 2 heterocycles. The molecule has 0 N–H and O–H groups in total. The number of methoxy groups -OCH3 is 1. The SMILES string of the molecule is CO[C@@H]1C[C@H](O[C@@H]2[C@H](C)O[C@@H](F)C[C@]2(C)O[Si](C)(C)C(C)(C)C)O[C@H](C)[C@H]1O[Si](C)(C)C(C)(C)C. The van der Waals surface area contributed by atoms with E-state index in [1.807, 2.05) is 20.8 Å². The number of halogens is 1. The molecular formula is C26H53FO6Si2. The third-order valence-corrected chi connectivity index (χ3v) is 17.8. The van der Waals surface area contributed by atoms with E-state index in [4.69, 9.17) is 27.8 Å². The summed E-state index contributed by atoms with van der Waals surface area (Å²) in [5, 5.41) is 0.0677. The summed E-state index contributed by atoms with van der Waals surface area (Å²) in [7, 11) is -2.51. The summed E-state index contributed by atoms with van der Waals surface area (Å²) in [5.41, 5.74) is -0.830. The van der Waals surface area contributed by atoms with Crippen LogP contribution in [-0.2, 0) is 27.8 Å². The van der Waals surface area contributed by atoms with Crippen molar-refractivity contribution in [1.82, 2.24) is 0 Å². The zero-order valence-electron chi connectivity index (χ0n) is 24.8. The van der Waals surface area contributed by atoms with Crippen LogP contribution in [-0.4, -0.2) is 72.5 Å². The molecule has 0 radical (unpaired) electrons. The smallest absolute Gasteiger partial charge is 0.201 e. The average Bonchev–Trinajstić information content (AvgIpc) is 2.64. The van der Waals surface area contributed by atoms with Gasteiger partial charge in [0.05, 0.1) is 30.0 Å². The van der Waals surface area contributed by atoms with Crippen LogP contribution in [0.5, 0.6) is 0 Å². The van der Waals surface area contributed by atoms with E-state index in [2.05, 4.69) is 67.7 Å². The first-order valence-corrected chi connectivity index (χ1v) is 19.0. The van der Waals surface area contributed by atoms with Crippen LogP contribution in [0.15, 0.2) is 0 Å². The van der Waals surface area contributed by atoms with Crippen LogP contribution in [0.1, 0.15) is 75.2 Å². The maximum Gasteiger partial charge on any atom is 0.201 e. The summed E-state index contributed by atoms with van der Waals surface area (Å²) < 4.78 is 52.6. The second kappa shape index (κ2) is 10.7. The van der Waals surface area contributed by atoms with Gasteiger partial charge in [-0.25, -0.2) is 4.39 Å². The highest BCUT2D eigenvalue weighted by Crippen LogP contribution is 2.45. The highest BCUT2D eigenvalue weighted by Gasteiger charge is 2.54. The predicted molar refractivity (Wildman–Crippen MR) is 143 cm³/mol. The van der Waals surface area contributed by atoms with Gasteiger partial charge in [0.1, 0.15) is 6.10 Å². The van der Waals surface area contributed by atoms with Crippen molar-refractivity contribution in [2.45, 2.75) is 160 Å². The van der Waals surface area contributed by atoms with Gasteiger partial charge in [-0.1, -0.05) is 41.5 Å². The van der Waals surface area contributed by atoms with Gasteiger partial charge in [-0.05, 0) is 57.0 Å². The van der Waals surface area contributed by atoms with E-state index in [9.17, 15) is 4.39 Å². The van der Waals surface area contributed by atoms with Crippen LogP contribution in [0, 0.1) is 0 Å². The van der Waals surface area contributed by atoms with Gasteiger partial charge in [-0.3, -0.25) is 0 Å². The molecule has 0 spiro atoms. The molecule has 0 unspecified atom stereocenters. The van der Waals surface area contributed by atoms with E-state index < -0.39 is 47.1 Å². The third kappa shape index (κ3) is 7.16. The van der Waals surface area contributed by atoms with Crippen molar-refractivity contribution in [3.05, 3.63) is 0 Å². The van der Waals surface area contributed by atoms with E-state index in [-0.39, 0.29) is 34.8 Å². The van der Waals surface area contributed by atoms with E-state index in [1.165, 1.54) is 0 Å². The molecule has 8 atom stereocenters. The Hall–Kier alpha value is 0.124. The second-order valence-corrected chi connectivity index (χ2v) is 23.3. The Bertz CT molecular complexity index is 707. The molecule has 2 aliphatic rings. The fourth-order valence-corrected chi connectivity index (χ4v) is 7.59. The zero-order chi connectivity index (χ0) is 27.2. The van der Waals surface area contributed by atoms with Gasteiger partial charge in [0.2, 0.25) is 6.36 Å². The fraction of sp³-hybridized carbons (Fsp3) is 1.00. The molecule has 0 aliphatic carbocycles. The van der Waals surface area contributed by atoms with Gasteiger partial charge in [0.25, 0.3) is 0 Å². The Morgan fingerprint density at radius 2 is 1.43 bits per heavy atom. The molecule has 6 nitrogen and oxygen atoms in total. The highest BCUT2D eigenvalue weighted by molar-refractivity contribution is 6.74. The van der Waals surface area contributed by atoms with Gasteiger partial charge in [0, 0.05) is 20.0 Å². The van der Waals surface area contributed by atoms with Crippen molar-refractivity contribution < 1.29 is 32.2 Å². The molecule has 35 heavy (non-hydrogen) atoms. The Balaban J connectivity index is 2.23. The van der Waals surface area contributed by atoms with Gasteiger partial charge in [-0.2, -0.15) is 0 Å². The van der Waals surface area contributed by atoms with Crippen LogP contribution in [0.2, 0.25) is 36.3 Å². The minimum absolute atomic E-state index is 0.0147. The van der Waals surface area contributed by atoms with E-state index in [1.54, 1.807) is 7.11 Å². The summed E-state index contributed by atoms with van der Waals surface area (Å²) in [6, 6.07) is 0. The van der Waals surface area contributed by atoms with Gasteiger partial charge in [0.15, 0.2) is 22.9 Å². The van der Waals surface area contributed by atoms with Crippen molar-refractivity contribution >= 4 is 16.6 Å². The number of rotatable bonds is 7. The first kappa shape index (κ1) is 31.3. The Morgan fingerprint density at radius 3 is 1.91 bits per heavy atom. The lowest BCUT2D eigenvalue weighted by Gasteiger charge is -2.52. The minimum atomic E-state index is -2.20. The Morgan fingerprint density at radius 1 is 0.886 bits per heavy atom. The van der Waals surface area contributed by atoms with Crippen LogP contribution in [0.3, 0.4) is 0 Å².